The fraction of sp³-hybridized carbons (Fsp3) is 0.946. The molecule has 0 radical (unpaired) electrons. The number of hydrogen-bond acceptors (Lipinski definition) is 3. The number of aliphatic hydroxyl groups excluding tert-OH is 1. The van der Waals surface area contributed by atoms with E-state index < -0.39 is 0 Å². The normalized spacial score (nSPS) is 50.1. The van der Waals surface area contributed by atoms with E-state index in [-0.39, 0.29) is 11.5 Å². The van der Waals surface area contributed by atoms with Crippen LogP contribution >= 0.6 is 0 Å². The fourth-order valence-corrected chi connectivity index (χ4v) is 13.4. The highest BCUT2D eigenvalue weighted by Crippen LogP contribution is 2.77. The molecule has 3 heteroatoms. The van der Waals surface area contributed by atoms with Gasteiger partial charge in [0.25, 0.3) is 0 Å². The first-order chi connectivity index (χ1) is 18.9. The summed E-state index contributed by atoms with van der Waals surface area (Å²) < 4.78 is 0. The van der Waals surface area contributed by atoms with E-state index in [0.717, 1.165) is 24.2 Å². The zero-order valence-corrected chi connectivity index (χ0v) is 27.3. The molecule has 40 heavy (non-hydrogen) atoms. The smallest absolute Gasteiger partial charge is 0.0594 e. The topological polar surface area (TPSA) is 35.5 Å². The molecule has 228 valence electrons. The lowest BCUT2D eigenvalue weighted by molar-refractivity contribution is -0.247. The molecule has 1 aliphatic heterocycles. The molecule has 0 aromatic carbocycles. The van der Waals surface area contributed by atoms with Crippen molar-refractivity contribution in [1.29, 1.82) is 0 Å². The van der Waals surface area contributed by atoms with Crippen molar-refractivity contribution in [3.8, 4) is 0 Å². The van der Waals surface area contributed by atoms with E-state index in [2.05, 4.69) is 58.3 Å². The Morgan fingerprint density at radius 1 is 0.850 bits per heavy atom. The largest absolute Gasteiger partial charge is 0.393 e. The van der Waals surface area contributed by atoms with Gasteiger partial charge in [-0.3, -0.25) is 0 Å². The summed E-state index contributed by atoms with van der Waals surface area (Å²) in [6.45, 7) is 26.3. The third-order valence-electron chi connectivity index (χ3n) is 15.7. The van der Waals surface area contributed by atoms with Crippen LogP contribution in [0.25, 0.3) is 0 Å². The molecule has 0 unspecified atom stereocenters. The average molecular weight is 553 g/mol. The first-order valence-electron chi connectivity index (χ1n) is 17.7. The van der Waals surface area contributed by atoms with Gasteiger partial charge in [0, 0.05) is 6.54 Å². The van der Waals surface area contributed by atoms with Crippen LogP contribution in [0, 0.1) is 56.7 Å². The lowest BCUT2D eigenvalue weighted by Gasteiger charge is -2.73. The Bertz CT molecular complexity index is 954. The summed E-state index contributed by atoms with van der Waals surface area (Å²) in [6, 6.07) is 0. The van der Waals surface area contributed by atoms with Gasteiger partial charge in [-0.2, -0.15) is 0 Å². The Labute approximate surface area is 247 Å². The summed E-state index contributed by atoms with van der Waals surface area (Å²) in [7, 11) is 0. The Balaban J connectivity index is 1.23. The van der Waals surface area contributed by atoms with Crippen LogP contribution in [0.5, 0.6) is 0 Å². The van der Waals surface area contributed by atoms with E-state index in [1.54, 1.807) is 0 Å². The number of rotatable bonds is 7. The predicted octanol–water partition coefficient (Wildman–Crippen LogP) is 8.08. The Morgan fingerprint density at radius 2 is 1.60 bits per heavy atom. The lowest BCUT2D eigenvalue weighted by Crippen LogP contribution is -2.67. The minimum atomic E-state index is -0.130. The van der Waals surface area contributed by atoms with Crippen molar-refractivity contribution >= 4 is 0 Å². The quantitative estimate of drug-likeness (QED) is 0.247. The first-order valence-corrected chi connectivity index (χ1v) is 17.7. The van der Waals surface area contributed by atoms with Gasteiger partial charge in [0.15, 0.2) is 0 Å². The summed E-state index contributed by atoms with van der Waals surface area (Å²) in [4.78, 5) is 2.67. The van der Waals surface area contributed by atoms with Crippen LogP contribution in [-0.4, -0.2) is 48.8 Å². The molecule has 5 aliphatic carbocycles. The molecule has 1 heterocycles. The number of nitrogens with zero attached hydrogens (tertiary/aromatic N) is 1. The van der Waals surface area contributed by atoms with Crippen LogP contribution in [0.3, 0.4) is 0 Å². The van der Waals surface area contributed by atoms with E-state index in [4.69, 9.17) is 0 Å². The van der Waals surface area contributed by atoms with Crippen LogP contribution in [0.15, 0.2) is 12.2 Å². The number of likely N-dealkylation sites (tertiary alicyclic amines) is 1. The molecule has 0 bridgehead atoms. The molecule has 0 aromatic heterocycles. The van der Waals surface area contributed by atoms with Gasteiger partial charge in [-0.25, -0.2) is 0 Å². The number of hydrogen-bond donors (Lipinski definition) is 2. The molecule has 1 saturated heterocycles. The lowest BCUT2D eigenvalue weighted by atomic mass is 9.32. The second kappa shape index (κ2) is 10.4. The molecule has 3 nitrogen and oxygen atoms in total. The molecule has 6 fully saturated rings. The van der Waals surface area contributed by atoms with E-state index in [1.807, 2.05) is 0 Å². The second-order valence-electron chi connectivity index (χ2n) is 17.5. The number of allylic oxidation sites excluding steroid dienone is 1. The molecule has 0 aromatic rings. The molecule has 6 rings (SSSR count). The van der Waals surface area contributed by atoms with Crippen molar-refractivity contribution in [2.75, 3.05) is 32.7 Å². The van der Waals surface area contributed by atoms with Crippen LogP contribution in [0.4, 0.5) is 0 Å². The minimum absolute atomic E-state index is 0.0464. The number of fused-ring (bicyclic) bond motifs is 7. The highest BCUT2D eigenvalue weighted by atomic mass is 16.3. The van der Waals surface area contributed by atoms with E-state index in [9.17, 15) is 5.11 Å². The maximum atomic E-state index is 11.0. The van der Waals surface area contributed by atoms with Crippen molar-refractivity contribution in [2.24, 2.45) is 56.7 Å². The molecule has 2 N–H and O–H groups in total. The molecule has 10 atom stereocenters. The maximum Gasteiger partial charge on any atom is 0.0594 e. The van der Waals surface area contributed by atoms with Crippen LogP contribution in [-0.2, 0) is 0 Å². The van der Waals surface area contributed by atoms with Gasteiger partial charge < -0.3 is 15.3 Å². The SMILES string of the molecule is C=C(C)[C@@H]1CC[C@]2(CNCCCN3CCCC3)CC[C@]3(C)[C@H](CC[C@@H]4[C@@]5(C)CC[C@H](O)C(C)(C)[C@@H]5CC[C@]43C)[C@@H]12. The van der Waals surface area contributed by atoms with Crippen molar-refractivity contribution < 1.29 is 5.11 Å². The molecular weight excluding hydrogens is 488 g/mol. The third kappa shape index (κ3) is 4.28. The first kappa shape index (κ1) is 29.7. The van der Waals surface area contributed by atoms with E-state index in [0.29, 0.717) is 33.5 Å². The van der Waals surface area contributed by atoms with E-state index in [1.165, 1.54) is 115 Å². The van der Waals surface area contributed by atoms with Gasteiger partial charge in [-0.15, -0.1) is 0 Å². The average Bonchev–Trinajstić information content (AvgIpc) is 3.55. The molecule has 0 amide bonds. The Hall–Kier alpha value is -0.380. The van der Waals surface area contributed by atoms with Gasteiger partial charge in [-0.1, -0.05) is 46.8 Å². The Morgan fingerprint density at radius 3 is 2.33 bits per heavy atom. The van der Waals surface area contributed by atoms with Gasteiger partial charge >= 0.3 is 0 Å². The summed E-state index contributed by atoms with van der Waals surface area (Å²) in [5.74, 6) is 3.81. The molecule has 0 spiro atoms. The fourth-order valence-electron chi connectivity index (χ4n) is 13.4. The molecular formula is C37H64N2O. The highest BCUT2D eigenvalue weighted by molar-refractivity contribution is 5.21. The van der Waals surface area contributed by atoms with Gasteiger partial charge in [-0.05, 0) is 173 Å². The minimum Gasteiger partial charge on any atom is -0.393 e. The number of aliphatic hydroxyl groups is 1. The summed E-state index contributed by atoms with van der Waals surface area (Å²) in [5, 5.41) is 15.1. The second-order valence-corrected chi connectivity index (χ2v) is 17.5. The van der Waals surface area contributed by atoms with Crippen molar-refractivity contribution in [3.05, 3.63) is 12.2 Å². The maximum absolute atomic E-state index is 11.0. The van der Waals surface area contributed by atoms with Gasteiger partial charge in [0.05, 0.1) is 6.10 Å². The van der Waals surface area contributed by atoms with Crippen LogP contribution < -0.4 is 5.32 Å². The van der Waals surface area contributed by atoms with Crippen LogP contribution in [0.1, 0.15) is 125 Å². The third-order valence-corrected chi connectivity index (χ3v) is 15.7. The van der Waals surface area contributed by atoms with Gasteiger partial charge in [0.2, 0.25) is 0 Å². The van der Waals surface area contributed by atoms with Crippen molar-refractivity contribution in [1.82, 2.24) is 10.2 Å². The Kier molecular flexibility index (Phi) is 7.69. The van der Waals surface area contributed by atoms with E-state index >= 15 is 0 Å². The van der Waals surface area contributed by atoms with Crippen molar-refractivity contribution in [2.45, 2.75) is 131 Å². The van der Waals surface area contributed by atoms with Gasteiger partial charge in [0.1, 0.15) is 0 Å². The zero-order valence-electron chi connectivity index (χ0n) is 27.3. The number of nitrogens with one attached hydrogen (secondary N) is 1. The summed E-state index contributed by atoms with van der Waals surface area (Å²) >= 11 is 0. The summed E-state index contributed by atoms with van der Waals surface area (Å²) in [6.07, 6.45) is 17.3. The zero-order chi connectivity index (χ0) is 28.6. The van der Waals surface area contributed by atoms with Crippen LogP contribution in [0.2, 0.25) is 0 Å². The standard InChI is InChI=1S/C37H64N2O/c1-26(2)27-13-18-37(25-38-21-10-24-39-22-8-9-23-39)20-19-35(6)28(32(27)37)11-12-30-34(5)16-15-31(40)33(3,4)29(34)14-17-36(30,35)7/h27-32,38,40H,1,8-25H2,2-7H3/t27-,28+,29-,30+,31-,32+,34-,35+,36+,37+/m0/s1. The monoisotopic (exact) mass is 553 g/mol. The molecule has 6 aliphatic rings. The molecule has 5 saturated carbocycles. The van der Waals surface area contributed by atoms with Crippen molar-refractivity contribution in [3.63, 3.8) is 0 Å². The predicted molar refractivity (Wildman–Crippen MR) is 168 cm³/mol. The summed E-state index contributed by atoms with van der Waals surface area (Å²) in [5.41, 5.74) is 3.20. The highest BCUT2D eigenvalue weighted by Gasteiger charge is 2.70.